The summed E-state index contributed by atoms with van der Waals surface area (Å²) in [6, 6.07) is 0. The summed E-state index contributed by atoms with van der Waals surface area (Å²) in [5.74, 6) is 0.988. The number of nitrogen functional groups attached to an aromatic ring is 1. The maximum atomic E-state index is 8.38. The van der Waals surface area contributed by atoms with Crippen molar-refractivity contribution >= 4 is 17.0 Å². The van der Waals surface area contributed by atoms with Gasteiger partial charge in [0.15, 0.2) is 11.5 Å². The Hall–Kier alpha value is -2.38. The molecule has 0 aromatic carbocycles. The first-order chi connectivity index (χ1) is 10.6. The molecule has 3 heterocycles. The predicted octanol–water partition coefficient (Wildman–Crippen LogP) is 2.28. The van der Waals surface area contributed by atoms with E-state index in [1.165, 1.54) is 6.33 Å². The molecule has 4 atom stereocenters. The second-order valence-corrected chi connectivity index (χ2v) is 5.61. The normalized spacial score (nSPS) is 27.9. The summed E-state index contributed by atoms with van der Waals surface area (Å²) in [4.78, 5) is 15.3. The number of hydrogen-bond donors (Lipinski definition) is 1. The van der Waals surface area contributed by atoms with Crippen LogP contribution in [0.2, 0.25) is 0 Å². The molecule has 1 aliphatic rings. The third-order valence-corrected chi connectivity index (χ3v) is 4.42. The van der Waals surface area contributed by atoms with Crippen LogP contribution in [-0.2, 0) is 4.74 Å². The van der Waals surface area contributed by atoms with Crippen molar-refractivity contribution in [2.24, 2.45) is 17.0 Å². The van der Waals surface area contributed by atoms with Crippen LogP contribution in [0.4, 0.5) is 5.82 Å². The van der Waals surface area contributed by atoms with Crippen molar-refractivity contribution in [1.82, 2.24) is 19.5 Å². The van der Waals surface area contributed by atoms with Gasteiger partial charge >= 0.3 is 0 Å². The summed E-state index contributed by atoms with van der Waals surface area (Å²) in [6.45, 7) is 4.72. The molecule has 1 fully saturated rings. The molecule has 2 aromatic heterocycles. The summed E-state index contributed by atoms with van der Waals surface area (Å²) in [6.07, 6.45) is 3.71. The topological polar surface area (TPSA) is 128 Å². The van der Waals surface area contributed by atoms with Crippen LogP contribution < -0.4 is 5.73 Å². The minimum Gasteiger partial charge on any atom is -0.382 e. The number of fused-ring (bicyclic) bond motifs is 1. The summed E-state index contributed by atoms with van der Waals surface area (Å²) in [5, 5.41) is 3.59. The number of aromatic nitrogens is 4. The number of azide groups is 1. The zero-order valence-electron chi connectivity index (χ0n) is 12.5. The zero-order chi connectivity index (χ0) is 15.7. The third-order valence-electron chi connectivity index (χ3n) is 4.42. The van der Waals surface area contributed by atoms with E-state index >= 15 is 0 Å². The fraction of sp³-hybridized carbons (Fsp3) is 0.615. The van der Waals surface area contributed by atoms with Gasteiger partial charge in [0.2, 0.25) is 0 Å². The molecular weight excluding hydrogens is 284 g/mol. The first-order valence-corrected chi connectivity index (χ1v) is 7.22. The van der Waals surface area contributed by atoms with Crippen molar-refractivity contribution in [2.75, 3.05) is 12.3 Å². The molecule has 2 N–H and O–H groups in total. The number of imidazole rings is 1. The molecule has 0 saturated carbocycles. The molecule has 22 heavy (non-hydrogen) atoms. The van der Waals surface area contributed by atoms with Crippen molar-refractivity contribution in [3.63, 3.8) is 0 Å². The molecule has 1 saturated heterocycles. The zero-order valence-corrected chi connectivity index (χ0v) is 12.5. The molecule has 9 heteroatoms. The highest BCUT2D eigenvalue weighted by Crippen LogP contribution is 2.41. The van der Waals surface area contributed by atoms with Crippen LogP contribution in [0.3, 0.4) is 0 Å². The average molecular weight is 302 g/mol. The molecule has 9 nitrogen and oxygen atoms in total. The second kappa shape index (κ2) is 5.78. The maximum absolute atomic E-state index is 8.38. The molecule has 0 radical (unpaired) electrons. The highest BCUT2D eigenvalue weighted by atomic mass is 16.5. The van der Waals surface area contributed by atoms with Gasteiger partial charge in [-0.2, -0.15) is 0 Å². The predicted molar refractivity (Wildman–Crippen MR) is 80.6 cm³/mol. The maximum Gasteiger partial charge on any atom is 0.167 e. The summed E-state index contributed by atoms with van der Waals surface area (Å²) >= 11 is 0. The van der Waals surface area contributed by atoms with Gasteiger partial charge in [-0.1, -0.05) is 19.0 Å². The number of ether oxygens (including phenoxy) is 1. The van der Waals surface area contributed by atoms with Gasteiger partial charge in [0, 0.05) is 17.4 Å². The Morgan fingerprint density at radius 3 is 2.95 bits per heavy atom. The van der Waals surface area contributed by atoms with Gasteiger partial charge in [0.25, 0.3) is 0 Å². The van der Waals surface area contributed by atoms with Crippen LogP contribution >= 0.6 is 0 Å². The molecule has 0 unspecified atom stereocenters. The van der Waals surface area contributed by atoms with E-state index in [4.69, 9.17) is 16.0 Å². The summed E-state index contributed by atoms with van der Waals surface area (Å²) in [7, 11) is 0. The molecule has 0 amide bonds. The van der Waals surface area contributed by atoms with Gasteiger partial charge in [0.1, 0.15) is 18.1 Å². The van der Waals surface area contributed by atoms with Crippen molar-refractivity contribution in [2.45, 2.75) is 32.6 Å². The lowest BCUT2D eigenvalue weighted by Gasteiger charge is -2.17. The van der Waals surface area contributed by atoms with Crippen LogP contribution in [0.1, 0.15) is 26.5 Å². The number of nitrogens with two attached hydrogens (primary N) is 1. The Morgan fingerprint density at radius 1 is 1.36 bits per heavy atom. The van der Waals surface area contributed by atoms with E-state index in [1.54, 1.807) is 6.33 Å². The Kier molecular flexibility index (Phi) is 3.82. The van der Waals surface area contributed by atoms with Gasteiger partial charge in [-0.05, 0) is 17.9 Å². The lowest BCUT2D eigenvalue weighted by Crippen LogP contribution is -2.16. The largest absolute Gasteiger partial charge is 0.382 e. The standard InChI is InChI=1S/C13H18N8O/c1-7-8(2)13(22-9(7)3-4-19-20-15)21-6-18-10-11(14)16-5-17-12(10)21/h5-9,13H,3-4H2,1-2H3,(H2,14,16,17)/t7-,8+,9+,13+/m0/s1. The van der Waals surface area contributed by atoms with Crippen molar-refractivity contribution in [1.29, 1.82) is 0 Å². The molecule has 1 aliphatic heterocycles. The van der Waals surface area contributed by atoms with Crippen molar-refractivity contribution in [3.05, 3.63) is 23.1 Å². The van der Waals surface area contributed by atoms with E-state index < -0.39 is 0 Å². The van der Waals surface area contributed by atoms with E-state index in [-0.39, 0.29) is 18.2 Å². The van der Waals surface area contributed by atoms with Crippen LogP contribution in [0.15, 0.2) is 17.8 Å². The summed E-state index contributed by atoms with van der Waals surface area (Å²) < 4.78 is 8.07. The van der Waals surface area contributed by atoms with E-state index in [9.17, 15) is 0 Å². The van der Waals surface area contributed by atoms with Crippen LogP contribution in [0.25, 0.3) is 21.6 Å². The number of nitrogens with zero attached hydrogens (tertiary/aromatic N) is 7. The fourth-order valence-electron chi connectivity index (χ4n) is 2.96. The number of anilines is 1. The number of hydrogen-bond acceptors (Lipinski definition) is 6. The third kappa shape index (κ3) is 2.34. The van der Waals surface area contributed by atoms with Crippen LogP contribution in [-0.4, -0.2) is 32.2 Å². The van der Waals surface area contributed by atoms with Crippen molar-refractivity contribution < 1.29 is 4.74 Å². The molecule has 3 rings (SSSR count). The van der Waals surface area contributed by atoms with Gasteiger partial charge in [0.05, 0.1) is 12.4 Å². The SMILES string of the molecule is C[C@@H]1[C@H](C)[C@@H](CCN=[N+]=[N-])O[C@H]1n1cnc2c(N)ncnc21. The average Bonchev–Trinajstić information content (AvgIpc) is 3.05. The lowest BCUT2D eigenvalue weighted by atomic mass is 9.91. The second-order valence-electron chi connectivity index (χ2n) is 5.61. The number of rotatable bonds is 4. The first kappa shape index (κ1) is 14.6. The molecule has 0 aliphatic carbocycles. The fourth-order valence-corrected chi connectivity index (χ4v) is 2.96. The first-order valence-electron chi connectivity index (χ1n) is 7.22. The van der Waals surface area contributed by atoms with Crippen molar-refractivity contribution in [3.8, 4) is 0 Å². The smallest absolute Gasteiger partial charge is 0.167 e. The van der Waals surface area contributed by atoms with Crippen LogP contribution in [0, 0.1) is 11.8 Å². The minimum absolute atomic E-state index is 0.0436. The Balaban J connectivity index is 1.87. The van der Waals surface area contributed by atoms with E-state index in [0.717, 1.165) is 0 Å². The summed E-state index contributed by atoms with van der Waals surface area (Å²) in [5.41, 5.74) is 15.5. The molecule has 2 aromatic rings. The Labute approximate surface area is 127 Å². The molecular formula is C13H18N8O. The van der Waals surface area contributed by atoms with E-state index in [2.05, 4.69) is 38.8 Å². The van der Waals surface area contributed by atoms with Gasteiger partial charge < -0.3 is 10.5 Å². The Morgan fingerprint density at radius 2 is 2.18 bits per heavy atom. The highest BCUT2D eigenvalue weighted by molar-refractivity contribution is 5.81. The van der Waals surface area contributed by atoms with E-state index in [0.29, 0.717) is 35.9 Å². The molecule has 0 spiro atoms. The quantitative estimate of drug-likeness (QED) is 0.526. The van der Waals surface area contributed by atoms with Gasteiger partial charge in [-0.25, -0.2) is 15.0 Å². The molecule has 0 bridgehead atoms. The van der Waals surface area contributed by atoms with Gasteiger partial charge in [-0.15, -0.1) is 0 Å². The van der Waals surface area contributed by atoms with E-state index in [1.807, 2.05) is 4.57 Å². The molecule has 116 valence electrons. The van der Waals surface area contributed by atoms with Crippen LogP contribution in [0.5, 0.6) is 0 Å². The Bertz CT molecular complexity index is 722. The monoisotopic (exact) mass is 302 g/mol. The minimum atomic E-state index is -0.162. The lowest BCUT2D eigenvalue weighted by molar-refractivity contribution is -0.0129. The van der Waals surface area contributed by atoms with Gasteiger partial charge in [-0.3, -0.25) is 4.57 Å². The highest BCUT2D eigenvalue weighted by Gasteiger charge is 2.40.